The second-order valence-corrected chi connectivity index (χ2v) is 7.58. The number of carbonyl (C=O) groups is 1. The Morgan fingerprint density at radius 3 is 2.52 bits per heavy atom. The lowest BCUT2D eigenvalue weighted by Gasteiger charge is -2.14. The number of hydrogen-bond donors (Lipinski definition) is 2. The highest BCUT2D eigenvalue weighted by Gasteiger charge is 2.22. The smallest absolute Gasteiger partial charge is 0.333 e. The molecule has 0 saturated carbocycles. The zero-order valence-electron chi connectivity index (χ0n) is 14.8. The van der Waals surface area contributed by atoms with Crippen LogP contribution in [0, 0.1) is 13.8 Å². The molecule has 0 radical (unpaired) electrons. The van der Waals surface area contributed by atoms with Gasteiger partial charge < -0.3 is 10.1 Å². The van der Waals surface area contributed by atoms with E-state index in [2.05, 4.69) is 10.4 Å². The standard InChI is InChI=1S/C16H22N4O4S/c1-10(2)20-7-6-14(18-20)25(22,23)19-16(21)17-15-12(4)8-11(3)9-13(15)24-5/h6-10H,1-5H3,(H2,17,19,21). The number of sulfonamides is 1. The highest BCUT2D eigenvalue weighted by Crippen LogP contribution is 2.29. The van der Waals surface area contributed by atoms with Crippen LogP contribution in [0.15, 0.2) is 29.4 Å². The third kappa shape index (κ3) is 4.30. The predicted octanol–water partition coefficient (Wildman–Crippen LogP) is 2.60. The van der Waals surface area contributed by atoms with E-state index in [4.69, 9.17) is 4.74 Å². The summed E-state index contributed by atoms with van der Waals surface area (Å²) >= 11 is 0. The maximum Gasteiger partial charge on any atom is 0.333 e. The second kappa shape index (κ2) is 7.14. The highest BCUT2D eigenvalue weighted by atomic mass is 32.2. The number of methoxy groups -OCH3 is 1. The molecule has 1 heterocycles. The molecule has 0 atom stereocenters. The SMILES string of the molecule is COc1cc(C)cc(C)c1NC(=O)NS(=O)(=O)c1ccn(C(C)C)n1. The van der Waals surface area contributed by atoms with Gasteiger partial charge in [0.05, 0.1) is 12.8 Å². The Morgan fingerprint density at radius 2 is 1.96 bits per heavy atom. The molecule has 0 saturated heterocycles. The van der Waals surface area contributed by atoms with Gasteiger partial charge in [0.25, 0.3) is 10.0 Å². The first-order valence-corrected chi connectivity index (χ1v) is 9.16. The van der Waals surface area contributed by atoms with Crippen molar-refractivity contribution in [2.75, 3.05) is 12.4 Å². The van der Waals surface area contributed by atoms with Gasteiger partial charge in [-0.3, -0.25) is 4.68 Å². The summed E-state index contributed by atoms with van der Waals surface area (Å²) in [7, 11) is -2.59. The van der Waals surface area contributed by atoms with E-state index in [9.17, 15) is 13.2 Å². The Bertz CT molecular complexity index is 888. The average molecular weight is 366 g/mol. The van der Waals surface area contributed by atoms with Gasteiger partial charge in [0.15, 0.2) is 5.03 Å². The second-order valence-electron chi connectivity index (χ2n) is 5.95. The van der Waals surface area contributed by atoms with Gasteiger partial charge in [-0.15, -0.1) is 0 Å². The van der Waals surface area contributed by atoms with Gasteiger partial charge in [0, 0.05) is 12.2 Å². The largest absolute Gasteiger partial charge is 0.495 e. The zero-order valence-corrected chi connectivity index (χ0v) is 15.6. The Balaban J connectivity index is 2.19. The van der Waals surface area contributed by atoms with E-state index in [-0.39, 0.29) is 11.1 Å². The Hall–Kier alpha value is -2.55. The summed E-state index contributed by atoms with van der Waals surface area (Å²) in [5.74, 6) is 0.453. The van der Waals surface area contributed by atoms with Crippen molar-refractivity contribution < 1.29 is 17.9 Å². The summed E-state index contributed by atoms with van der Waals surface area (Å²) in [4.78, 5) is 12.2. The van der Waals surface area contributed by atoms with Crippen molar-refractivity contribution >= 4 is 21.7 Å². The van der Waals surface area contributed by atoms with Crippen molar-refractivity contribution in [2.45, 2.75) is 38.8 Å². The van der Waals surface area contributed by atoms with E-state index in [1.807, 2.05) is 31.6 Å². The van der Waals surface area contributed by atoms with Crippen LogP contribution in [0.1, 0.15) is 31.0 Å². The van der Waals surface area contributed by atoms with Crippen LogP contribution >= 0.6 is 0 Å². The van der Waals surface area contributed by atoms with Crippen LogP contribution in [0.4, 0.5) is 10.5 Å². The molecule has 9 heteroatoms. The molecular weight excluding hydrogens is 344 g/mol. The fourth-order valence-corrected chi connectivity index (χ4v) is 3.16. The molecule has 0 bridgehead atoms. The van der Waals surface area contributed by atoms with E-state index in [1.165, 1.54) is 17.9 Å². The number of nitrogens with one attached hydrogen (secondary N) is 2. The summed E-state index contributed by atoms with van der Waals surface area (Å²) < 4.78 is 33.3. The van der Waals surface area contributed by atoms with Gasteiger partial charge in [-0.2, -0.15) is 13.5 Å². The maximum atomic E-state index is 12.3. The first-order chi connectivity index (χ1) is 11.6. The molecule has 8 nitrogen and oxygen atoms in total. The van der Waals surface area contributed by atoms with E-state index in [0.717, 1.165) is 11.1 Å². The number of benzene rings is 1. The number of hydrogen-bond acceptors (Lipinski definition) is 5. The molecule has 1 aromatic heterocycles. The minimum Gasteiger partial charge on any atom is -0.495 e. The number of urea groups is 1. The van der Waals surface area contributed by atoms with Crippen molar-refractivity contribution in [3.8, 4) is 5.75 Å². The Kier molecular flexibility index (Phi) is 5.36. The fourth-order valence-electron chi connectivity index (χ4n) is 2.31. The van der Waals surface area contributed by atoms with Crippen molar-refractivity contribution in [1.82, 2.24) is 14.5 Å². The van der Waals surface area contributed by atoms with Crippen LogP contribution in [0.25, 0.3) is 0 Å². The number of rotatable bonds is 5. The molecule has 25 heavy (non-hydrogen) atoms. The lowest BCUT2D eigenvalue weighted by molar-refractivity contribution is 0.256. The van der Waals surface area contributed by atoms with Crippen molar-refractivity contribution in [3.05, 3.63) is 35.5 Å². The van der Waals surface area contributed by atoms with E-state index < -0.39 is 16.1 Å². The number of nitrogens with zero attached hydrogens (tertiary/aromatic N) is 2. The fraction of sp³-hybridized carbons (Fsp3) is 0.375. The molecule has 0 spiro atoms. The zero-order chi connectivity index (χ0) is 18.8. The average Bonchev–Trinajstić information content (AvgIpc) is 3.00. The third-order valence-corrected chi connectivity index (χ3v) is 4.74. The number of aromatic nitrogens is 2. The third-order valence-electron chi connectivity index (χ3n) is 3.52. The molecule has 0 aliphatic heterocycles. The number of ether oxygens (including phenoxy) is 1. The number of amides is 2. The van der Waals surface area contributed by atoms with Crippen molar-refractivity contribution in [3.63, 3.8) is 0 Å². The molecule has 136 valence electrons. The number of aryl methyl sites for hydroxylation is 2. The topological polar surface area (TPSA) is 102 Å². The van der Waals surface area contributed by atoms with Crippen molar-refractivity contribution in [2.24, 2.45) is 0 Å². The normalized spacial score (nSPS) is 11.4. The van der Waals surface area contributed by atoms with Gasteiger partial charge in [0.1, 0.15) is 5.75 Å². The summed E-state index contributed by atoms with van der Waals surface area (Å²) in [5.41, 5.74) is 2.13. The first kappa shape index (κ1) is 18.8. The summed E-state index contributed by atoms with van der Waals surface area (Å²) in [6, 6.07) is 4.08. The Morgan fingerprint density at radius 1 is 1.28 bits per heavy atom. The molecule has 2 rings (SSSR count). The van der Waals surface area contributed by atoms with Gasteiger partial charge in [-0.25, -0.2) is 9.52 Å². The van der Waals surface area contributed by atoms with Crippen molar-refractivity contribution in [1.29, 1.82) is 0 Å². The molecule has 0 unspecified atom stereocenters. The quantitative estimate of drug-likeness (QED) is 0.847. The minimum atomic E-state index is -4.07. The molecule has 2 amide bonds. The van der Waals surface area contributed by atoms with Crippen LogP contribution in [-0.4, -0.2) is 31.3 Å². The van der Waals surface area contributed by atoms with E-state index in [1.54, 1.807) is 19.2 Å². The van der Waals surface area contributed by atoms with Gasteiger partial charge >= 0.3 is 6.03 Å². The van der Waals surface area contributed by atoms with Gasteiger partial charge in [0.2, 0.25) is 0 Å². The lowest BCUT2D eigenvalue weighted by atomic mass is 10.1. The predicted molar refractivity (Wildman–Crippen MR) is 94.4 cm³/mol. The summed E-state index contributed by atoms with van der Waals surface area (Å²) in [5, 5.41) is 6.27. The lowest BCUT2D eigenvalue weighted by Crippen LogP contribution is -2.35. The summed E-state index contributed by atoms with van der Waals surface area (Å²) in [6.07, 6.45) is 1.55. The molecule has 0 aliphatic carbocycles. The molecule has 0 fully saturated rings. The number of carbonyl (C=O) groups excluding carboxylic acids is 1. The van der Waals surface area contributed by atoms with E-state index >= 15 is 0 Å². The van der Waals surface area contributed by atoms with Gasteiger partial charge in [-0.1, -0.05) is 6.07 Å². The minimum absolute atomic E-state index is 0.0113. The molecule has 2 aromatic rings. The monoisotopic (exact) mass is 366 g/mol. The van der Waals surface area contributed by atoms with E-state index in [0.29, 0.717) is 11.4 Å². The first-order valence-electron chi connectivity index (χ1n) is 7.68. The maximum absolute atomic E-state index is 12.3. The van der Waals surface area contributed by atoms with Crippen LogP contribution < -0.4 is 14.8 Å². The molecular formula is C16H22N4O4S. The van der Waals surface area contributed by atoms with Crippen LogP contribution in [0.3, 0.4) is 0 Å². The van der Waals surface area contributed by atoms with Gasteiger partial charge in [-0.05, 0) is 51.0 Å². The number of anilines is 1. The molecule has 0 aliphatic rings. The Labute approximate surface area is 147 Å². The van der Waals surface area contributed by atoms with Crippen LogP contribution in [0.5, 0.6) is 5.75 Å². The molecule has 2 N–H and O–H groups in total. The highest BCUT2D eigenvalue weighted by molar-refractivity contribution is 7.90. The molecule has 1 aromatic carbocycles. The summed E-state index contributed by atoms with van der Waals surface area (Å²) in [6.45, 7) is 7.44. The van der Waals surface area contributed by atoms with Crippen LogP contribution in [0.2, 0.25) is 0 Å². The van der Waals surface area contributed by atoms with Crippen LogP contribution in [-0.2, 0) is 10.0 Å².